The number of hydrogen-bond acceptors (Lipinski definition) is 7. The van der Waals surface area contributed by atoms with E-state index < -0.39 is 5.97 Å². The number of hydrogen-bond donors (Lipinski definition) is 0. The van der Waals surface area contributed by atoms with Crippen molar-refractivity contribution in [2.24, 2.45) is 0 Å². The second-order valence-corrected chi connectivity index (χ2v) is 5.70. The number of anilines is 1. The molecule has 1 aliphatic rings. The normalized spacial score (nSPS) is 15.7. The van der Waals surface area contributed by atoms with E-state index in [1.165, 1.54) is 22.7 Å². The van der Waals surface area contributed by atoms with Gasteiger partial charge >= 0.3 is 29.6 Å². The van der Waals surface area contributed by atoms with Crippen molar-refractivity contribution in [1.29, 1.82) is 0 Å². The van der Waals surface area contributed by atoms with Gasteiger partial charge in [0.1, 0.15) is 4.83 Å². The Morgan fingerprint density at radius 3 is 2.72 bits per heavy atom. The summed E-state index contributed by atoms with van der Waals surface area (Å²) in [6.07, 6.45) is 0. The molecule has 0 amide bonds. The molecule has 1 fully saturated rings. The van der Waals surface area contributed by atoms with Crippen LogP contribution in [0.4, 0.5) is 5.13 Å². The van der Waals surface area contributed by atoms with E-state index in [2.05, 4.69) is 9.88 Å². The van der Waals surface area contributed by atoms with Crippen LogP contribution >= 0.6 is 22.7 Å². The summed E-state index contributed by atoms with van der Waals surface area (Å²) in [7, 11) is 0. The van der Waals surface area contributed by atoms with E-state index in [4.69, 9.17) is 4.74 Å². The summed E-state index contributed by atoms with van der Waals surface area (Å²) in [5.41, 5.74) is 0. The molecule has 0 unspecified atom stereocenters. The minimum absolute atomic E-state index is 0. The molecule has 3 heterocycles. The molecule has 1 saturated heterocycles. The third kappa shape index (κ3) is 2.71. The Hall–Kier alpha value is -0.180. The molecule has 90 valence electrons. The van der Waals surface area contributed by atoms with Gasteiger partial charge in [0.05, 0.1) is 28.8 Å². The van der Waals surface area contributed by atoms with E-state index in [9.17, 15) is 9.90 Å². The van der Waals surface area contributed by atoms with Gasteiger partial charge in [-0.2, -0.15) is 0 Å². The fourth-order valence-electron chi connectivity index (χ4n) is 1.71. The first-order valence-electron chi connectivity index (χ1n) is 5.18. The zero-order valence-corrected chi connectivity index (χ0v) is 13.5. The number of carbonyl (C=O) groups is 1. The first-order chi connectivity index (χ1) is 8.24. The standard InChI is InChI=1S/C10H10N2O3S2.Na/c13-9(14)7-5-6-8(16-7)11-10(17-6)12-1-3-15-4-2-12;/h5H,1-4H2,(H,13,14);/q;+1/p-1. The average Bonchev–Trinajstić information content (AvgIpc) is 2.87. The van der Waals surface area contributed by atoms with Crippen molar-refractivity contribution in [3.8, 4) is 0 Å². The molecule has 0 spiro atoms. The number of ether oxygens (including phenoxy) is 1. The van der Waals surface area contributed by atoms with Gasteiger partial charge in [0.25, 0.3) is 0 Å². The first-order valence-corrected chi connectivity index (χ1v) is 6.82. The molecule has 3 rings (SSSR count). The summed E-state index contributed by atoms with van der Waals surface area (Å²) in [5, 5.41) is 11.6. The molecule has 0 radical (unpaired) electrons. The largest absolute Gasteiger partial charge is 1.00 e. The van der Waals surface area contributed by atoms with E-state index in [0.717, 1.165) is 41.0 Å². The van der Waals surface area contributed by atoms with Crippen LogP contribution in [0, 0.1) is 0 Å². The van der Waals surface area contributed by atoms with Crippen molar-refractivity contribution in [2.75, 3.05) is 31.2 Å². The third-order valence-corrected chi connectivity index (χ3v) is 4.76. The predicted octanol–water partition coefficient (Wildman–Crippen LogP) is -2.44. The van der Waals surface area contributed by atoms with Crippen LogP contribution in [0.1, 0.15) is 9.67 Å². The van der Waals surface area contributed by atoms with Crippen molar-refractivity contribution in [3.05, 3.63) is 10.9 Å². The van der Waals surface area contributed by atoms with E-state index >= 15 is 0 Å². The number of thiazole rings is 1. The van der Waals surface area contributed by atoms with Crippen LogP contribution in [0.15, 0.2) is 6.07 Å². The summed E-state index contributed by atoms with van der Waals surface area (Å²) >= 11 is 2.69. The molecule has 2 aromatic heterocycles. The maximum absolute atomic E-state index is 10.7. The zero-order chi connectivity index (χ0) is 11.8. The van der Waals surface area contributed by atoms with Crippen molar-refractivity contribution in [3.63, 3.8) is 0 Å². The molecule has 5 nitrogen and oxygen atoms in total. The maximum atomic E-state index is 10.7. The molecule has 0 atom stereocenters. The number of carboxylic acid groups (broad SMARTS) is 1. The minimum atomic E-state index is -1.13. The van der Waals surface area contributed by atoms with Gasteiger partial charge in [0, 0.05) is 13.1 Å². The van der Waals surface area contributed by atoms with Crippen LogP contribution in [0.25, 0.3) is 9.53 Å². The number of aromatic carboxylic acids is 1. The van der Waals surface area contributed by atoms with E-state index in [0.29, 0.717) is 0 Å². The van der Waals surface area contributed by atoms with Crippen molar-refractivity contribution < 1.29 is 44.2 Å². The summed E-state index contributed by atoms with van der Waals surface area (Å²) in [4.78, 5) is 18.3. The Balaban J connectivity index is 0.00000120. The third-order valence-electron chi connectivity index (χ3n) is 2.56. The molecule has 0 bridgehead atoms. The first kappa shape index (κ1) is 14.2. The van der Waals surface area contributed by atoms with Crippen LogP contribution in [0.5, 0.6) is 0 Å². The summed E-state index contributed by atoms with van der Waals surface area (Å²) in [5.74, 6) is -1.13. The monoisotopic (exact) mass is 292 g/mol. The second-order valence-electron chi connectivity index (χ2n) is 3.66. The van der Waals surface area contributed by atoms with Crippen LogP contribution in [0.2, 0.25) is 0 Å². The van der Waals surface area contributed by atoms with Gasteiger partial charge in [-0.1, -0.05) is 11.3 Å². The predicted molar refractivity (Wildman–Crippen MR) is 64.9 cm³/mol. The summed E-state index contributed by atoms with van der Waals surface area (Å²) in [6, 6.07) is 1.64. The average molecular weight is 292 g/mol. The van der Waals surface area contributed by atoms with Crippen LogP contribution < -0.4 is 39.6 Å². The fourth-order valence-corrected chi connectivity index (χ4v) is 3.81. The minimum Gasteiger partial charge on any atom is -0.544 e. The maximum Gasteiger partial charge on any atom is 1.00 e. The molecule has 2 aromatic rings. The molecule has 18 heavy (non-hydrogen) atoms. The number of carboxylic acids is 1. The molecule has 1 aliphatic heterocycles. The number of fused-ring (bicyclic) bond motifs is 1. The van der Waals surface area contributed by atoms with E-state index in [1.807, 2.05) is 0 Å². The van der Waals surface area contributed by atoms with Gasteiger partial charge in [0.2, 0.25) is 0 Å². The fraction of sp³-hybridized carbons (Fsp3) is 0.400. The Labute approximate surface area is 134 Å². The zero-order valence-electron chi connectivity index (χ0n) is 9.84. The van der Waals surface area contributed by atoms with Crippen molar-refractivity contribution in [2.45, 2.75) is 0 Å². The van der Waals surface area contributed by atoms with Crippen molar-refractivity contribution in [1.82, 2.24) is 4.98 Å². The second kappa shape index (κ2) is 5.85. The quantitative estimate of drug-likeness (QED) is 0.576. The van der Waals surface area contributed by atoms with Crippen LogP contribution in [-0.2, 0) is 4.74 Å². The number of thiophene rings is 1. The Morgan fingerprint density at radius 2 is 2.11 bits per heavy atom. The van der Waals surface area contributed by atoms with Gasteiger partial charge < -0.3 is 19.5 Å². The number of carbonyl (C=O) groups excluding carboxylic acids is 1. The number of rotatable bonds is 2. The summed E-state index contributed by atoms with van der Waals surface area (Å²) < 4.78 is 6.19. The number of morpholine rings is 1. The molecule has 0 saturated carbocycles. The topological polar surface area (TPSA) is 65.5 Å². The SMILES string of the molecule is O=C([O-])c1cc2sc(N3CCOCC3)nc2s1.[Na+]. The smallest absolute Gasteiger partial charge is 0.544 e. The van der Waals surface area contributed by atoms with Crippen LogP contribution in [-0.4, -0.2) is 37.3 Å². The Kier molecular flexibility index (Phi) is 4.63. The van der Waals surface area contributed by atoms with Crippen LogP contribution in [0.3, 0.4) is 0 Å². The number of aromatic nitrogens is 1. The van der Waals surface area contributed by atoms with Gasteiger partial charge in [-0.3, -0.25) is 0 Å². The van der Waals surface area contributed by atoms with Crippen molar-refractivity contribution >= 4 is 43.3 Å². The Bertz CT molecular complexity index is 531. The molecule has 0 aromatic carbocycles. The Morgan fingerprint density at radius 1 is 1.39 bits per heavy atom. The van der Waals surface area contributed by atoms with Gasteiger partial charge in [-0.25, -0.2) is 4.98 Å². The molecular weight excluding hydrogens is 283 g/mol. The molecule has 0 aliphatic carbocycles. The molecule has 8 heteroatoms. The van der Waals surface area contributed by atoms with E-state index in [-0.39, 0.29) is 34.4 Å². The van der Waals surface area contributed by atoms with Gasteiger partial charge in [-0.15, -0.1) is 11.3 Å². The number of nitrogens with zero attached hydrogens (tertiary/aromatic N) is 2. The van der Waals surface area contributed by atoms with Gasteiger partial charge in [0.15, 0.2) is 5.13 Å². The van der Waals surface area contributed by atoms with E-state index in [1.54, 1.807) is 6.07 Å². The molecule has 0 N–H and O–H groups in total. The molecular formula is C10H9N2NaO3S2. The van der Waals surface area contributed by atoms with Gasteiger partial charge in [-0.05, 0) is 6.07 Å². The summed E-state index contributed by atoms with van der Waals surface area (Å²) in [6.45, 7) is 3.12.